The maximum atomic E-state index is 12.2. The van der Waals surface area contributed by atoms with Crippen LogP contribution in [-0.2, 0) is 19.1 Å². The lowest BCUT2D eigenvalue weighted by atomic mass is 9.91. The molecule has 0 aromatic carbocycles. The van der Waals surface area contributed by atoms with Crippen LogP contribution in [0.1, 0.15) is 71.1 Å². The molecule has 1 aliphatic rings. The number of amides is 1. The van der Waals surface area contributed by atoms with E-state index in [0.29, 0.717) is 6.54 Å². The average molecular weight is 632 g/mol. The highest BCUT2D eigenvalue weighted by Crippen LogP contribution is 2.22. The molecule has 1 amide bonds. The van der Waals surface area contributed by atoms with Crippen molar-refractivity contribution in [3.63, 3.8) is 0 Å². The first-order valence-electron chi connectivity index (χ1n) is 13.4. The Morgan fingerprint density at radius 2 is 1.14 bits per heavy atom. The van der Waals surface area contributed by atoms with Crippen molar-refractivity contribution in [1.82, 2.24) is 5.32 Å². The fourth-order valence-electron chi connectivity index (χ4n) is 3.56. The number of carbonyl (C=O) groups excluding carboxylic acids is 1. The van der Waals surface area contributed by atoms with Gasteiger partial charge in [0.25, 0.3) is 0 Å². The van der Waals surface area contributed by atoms with Gasteiger partial charge in [0.1, 0.15) is 30.5 Å². The molecule has 6 atom stereocenters. The van der Waals surface area contributed by atoms with Gasteiger partial charge in [0.2, 0.25) is 5.91 Å². The van der Waals surface area contributed by atoms with Gasteiger partial charge in [-0.05, 0) is 6.42 Å². The first-order valence-corrected chi connectivity index (χ1v) is 13.4. The van der Waals surface area contributed by atoms with Crippen molar-refractivity contribution in [1.29, 1.82) is 0 Å². The van der Waals surface area contributed by atoms with E-state index >= 15 is 0 Å². The van der Waals surface area contributed by atoms with E-state index in [2.05, 4.69) is 12.2 Å². The van der Waals surface area contributed by atoms with Crippen LogP contribution in [0.25, 0.3) is 0 Å². The number of ether oxygens (including phenoxy) is 1. The van der Waals surface area contributed by atoms with Crippen LogP contribution in [0.4, 0.5) is 26.3 Å². The Morgan fingerprint density at radius 1 is 0.762 bits per heavy atom. The minimum absolute atomic E-state index is 0.0472. The van der Waals surface area contributed by atoms with E-state index in [1.165, 1.54) is 44.9 Å². The number of unbranched alkanes of at least 4 members (excludes halogenated alkanes) is 9. The molecule has 0 aromatic heterocycles. The molecule has 0 aliphatic carbocycles. The second-order valence-corrected chi connectivity index (χ2v) is 9.45. The smallest absolute Gasteiger partial charge is 0.475 e. The maximum absolute atomic E-state index is 12.2. The molecular weight excluding hydrogens is 588 g/mol. The van der Waals surface area contributed by atoms with Crippen molar-refractivity contribution < 1.29 is 71.0 Å². The standard InChI is InChI=1S/C20H41N3O5.2C2HF3O2/c1-2-3-4-5-6-7-8-9-10-11-12-23-20(27)15(22)19-18(26)17(25)16(24)14(13-21)28-19;2*3-2(4,5)1(6)7/h14-19,24-26H,2-13,21-22H2,1H3,(H,23,27);2*(H,6,7)/t14-,15-,16-,17+,18-,19+;;/m1../s1. The van der Waals surface area contributed by atoms with E-state index in [1.807, 2.05) is 0 Å². The first-order chi connectivity index (χ1) is 19.3. The molecular formula is C24H43F6N3O9. The summed E-state index contributed by atoms with van der Waals surface area (Å²) < 4.78 is 68.9. The normalized spacial score (nSPS) is 23.0. The van der Waals surface area contributed by atoms with Crippen LogP contribution < -0.4 is 16.8 Å². The van der Waals surface area contributed by atoms with Crippen molar-refractivity contribution in [3.8, 4) is 0 Å². The summed E-state index contributed by atoms with van der Waals surface area (Å²) in [5, 5.41) is 46.8. The topological polar surface area (TPSA) is 226 Å². The number of alkyl halides is 6. The van der Waals surface area contributed by atoms with Gasteiger partial charge in [0, 0.05) is 13.1 Å². The Kier molecular flexibility index (Phi) is 21.4. The van der Waals surface area contributed by atoms with Gasteiger partial charge in [0.15, 0.2) is 0 Å². The van der Waals surface area contributed by atoms with Crippen molar-refractivity contribution in [2.75, 3.05) is 13.1 Å². The Bertz CT molecular complexity index is 749. The number of nitrogens with two attached hydrogens (primary N) is 2. The number of halogens is 6. The molecule has 1 fully saturated rings. The van der Waals surface area contributed by atoms with Gasteiger partial charge in [-0.2, -0.15) is 26.3 Å². The maximum Gasteiger partial charge on any atom is 0.490 e. The Hall–Kier alpha value is -2.25. The van der Waals surface area contributed by atoms with E-state index < -0.39 is 66.8 Å². The van der Waals surface area contributed by atoms with Crippen LogP contribution in [0.15, 0.2) is 0 Å². The Labute approximate surface area is 239 Å². The van der Waals surface area contributed by atoms with Gasteiger partial charge in [-0.15, -0.1) is 0 Å². The minimum Gasteiger partial charge on any atom is -0.475 e. The number of aliphatic hydroxyl groups excluding tert-OH is 3. The summed E-state index contributed by atoms with van der Waals surface area (Å²) in [6.07, 6.45) is -4.21. The van der Waals surface area contributed by atoms with Crippen molar-refractivity contribution >= 4 is 17.8 Å². The number of rotatable bonds is 14. The van der Waals surface area contributed by atoms with Crippen LogP contribution >= 0.6 is 0 Å². The fraction of sp³-hybridized carbons (Fsp3) is 0.875. The third-order valence-electron chi connectivity index (χ3n) is 5.95. The summed E-state index contributed by atoms with van der Waals surface area (Å²) in [4.78, 5) is 30.0. The molecule has 42 heavy (non-hydrogen) atoms. The number of aliphatic carboxylic acids is 2. The summed E-state index contributed by atoms with van der Waals surface area (Å²) in [5.74, 6) is -5.96. The predicted octanol–water partition coefficient (Wildman–Crippen LogP) is 1.43. The number of aliphatic hydroxyl groups is 3. The van der Waals surface area contributed by atoms with E-state index in [1.54, 1.807) is 0 Å². The molecule has 0 bridgehead atoms. The third kappa shape index (κ3) is 18.3. The first kappa shape index (κ1) is 41.9. The molecule has 1 aliphatic heterocycles. The van der Waals surface area contributed by atoms with Crippen molar-refractivity contribution in [3.05, 3.63) is 0 Å². The molecule has 18 heteroatoms. The van der Waals surface area contributed by atoms with Gasteiger partial charge in [0.05, 0.1) is 6.10 Å². The molecule has 1 rings (SSSR count). The molecule has 0 radical (unpaired) electrons. The molecule has 10 N–H and O–H groups in total. The van der Waals surface area contributed by atoms with Crippen molar-refractivity contribution in [2.45, 2.75) is 120 Å². The van der Waals surface area contributed by atoms with Gasteiger partial charge in [-0.3, -0.25) is 4.79 Å². The predicted molar refractivity (Wildman–Crippen MR) is 136 cm³/mol. The van der Waals surface area contributed by atoms with Crippen LogP contribution in [0, 0.1) is 0 Å². The zero-order chi connectivity index (χ0) is 33.1. The largest absolute Gasteiger partial charge is 0.490 e. The van der Waals surface area contributed by atoms with Crippen LogP contribution in [0.5, 0.6) is 0 Å². The van der Waals surface area contributed by atoms with E-state index in [4.69, 9.17) is 36.0 Å². The lowest BCUT2D eigenvalue weighted by molar-refractivity contribution is -0.223. The Balaban J connectivity index is 0. The summed E-state index contributed by atoms with van der Waals surface area (Å²) in [5.41, 5.74) is 11.4. The highest BCUT2D eigenvalue weighted by molar-refractivity contribution is 5.82. The highest BCUT2D eigenvalue weighted by atomic mass is 19.4. The molecule has 0 unspecified atom stereocenters. The van der Waals surface area contributed by atoms with Gasteiger partial charge >= 0.3 is 24.3 Å². The number of carboxylic acids is 2. The lowest BCUT2D eigenvalue weighted by Crippen LogP contribution is -2.65. The van der Waals surface area contributed by atoms with E-state index in [0.717, 1.165) is 19.3 Å². The van der Waals surface area contributed by atoms with Gasteiger partial charge in [-0.25, -0.2) is 9.59 Å². The molecule has 12 nitrogen and oxygen atoms in total. The second-order valence-electron chi connectivity index (χ2n) is 9.45. The fourth-order valence-corrected chi connectivity index (χ4v) is 3.56. The molecule has 0 spiro atoms. The van der Waals surface area contributed by atoms with Crippen LogP contribution in [0.3, 0.4) is 0 Å². The van der Waals surface area contributed by atoms with Crippen LogP contribution in [0.2, 0.25) is 0 Å². The third-order valence-corrected chi connectivity index (χ3v) is 5.95. The van der Waals surface area contributed by atoms with Gasteiger partial charge < -0.3 is 47.1 Å². The van der Waals surface area contributed by atoms with E-state index in [9.17, 15) is 46.5 Å². The number of hydrogen-bond donors (Lipinski definition) is 8. The van der Waals surface area contributed by atoms with Gasteiger partial charge in [-0.1, -0.05) is 64.7 Å². The lowest BCUT2D eigenvalue weighted by Gasteiger charge is -2.42. The second kappa shape index (κ2) is 21.4. The molecule has 0 saturated carbocycles. The quantitative estimate of drug-likeness (QED) is 0.101. The highest BCUT2D eigenvalue weighted by Gasteiger charge is 2.46. The monoisotopic (exact) mass is 631 g/mol. The number of carboxylic acid groups (broad SMARTS) is 2. The number of carbonyl (C=O) groups is 3. The Morgan fingerprint density at radius 3 is 1.50 bits per heavy atom. The minimum atomic E-state index is -5.08. The zero-order valence-electron chi connectivity index (χ0n) is 23.2. The summed E-state index contributed by atoms with van der Waals surface area (Å²) >= 11 is 0. The number of nitrogens with one attached hydrogen (secondary N) is 1. The summed E-state index contributed by atoms with van der Waals surface area (Å²) in [6.45, 7) is 2.69. The molecule has 250 valence electrons. The average Bonchev–Trinajstić information content (AvgIpc) is 2.89. The van der Waals surface area contributed by atoms with Crippen LogP contribution in [-0.4, -0.2) is 105 Å². The van der Waals surface area contributed by atoms with Crippen molar-refractivity contribution in [2.24, 2.45) is 11.5 Å². The zero-order valence-corrected chi connectivity index (χ0v) is 23.2. The summed E-state index contributed by atoms with van der Waals surface area (Å²) in [6, 6.07) is -1.14. The molecule has 0 aromatic rings. The molecule has 1 heterocycles. The number of hydrogen-bond acceptors (Lipinski definition) is 9. The SMILES string of the molecule is CCCCCCCCCCCCNC(=O)[C@H](N)[C@@H]1O[C@H](CN)[C@@H](O)[C@H](O)[C@H]1O.O=C(O)C(F)(F)F.O=C(O)C(F)(F)F. The van der Waals surface area contributed by atoms with E-state index in [-0.39, 0.29) is 6.54 Å². The molecule has 1 saturated heterocycles. The summed E-state index contributed by atoms with van der Waals surface area (Å²) in [7, 11) is 0.